The highest BCUT2D eigenvalue weighted by molar-refractivity contribution is 6.30. The Bertz CT molecular complexity index is 840. The monoisotopic (exact) mass is 388 g/mol. The van der Waals surface area contributed by atoms with Gasteiger partial charge in [-0.05, 0) is 55.3 Å². The minimum Gasteiger partial charge on any atom is -0.465 e. The first-order valence-corrected chi connectivity index (χ1v) is 9.51. The summed E-state index contributed by atoms with van der Waals surface area (Å²) < 4.78 is 18.8. The van der Waals surface area contributed by atoms with E-state index in [4.69, 9.17) is 11.6 Å². The van der Waals surface area contributed by atoms with Gasteiger partial charge in [-0.25, -0.2) is 9.18 Å². The zero-order chi connectivity index (χ0) is 19.0. The molecule has 0 radical (unpaired) electrons. The summed E-state index contributed by atoms with van der Waals surface area (Å²) in [6.45, 7) is 3.90. The molecule has 0 aliphatic carbocycles. The molecule has 4 nitrogen and oxygen atoms in total. The van der Waals surface area contributed by atoms with E-state index in [9.17, 15) is 9.18 Å². The van der Waals surface area contributed by atoms with Crippen molar-refractivity contribution < 1.29 is 13.9 Å². The van der Waals surface area contributed by atoms with Crippen LogP contribution >= 0.6 is 11.6 Å². The first-order valence-electron chi connectivity index (χ1n) is 9.13. The highest BCUT2D eigenvalue weighted by atomic mass is 35.5. The fraction of sp³-hybridized carbons (Fsp3) is 0.381. The number of piperidine rings is 1. The minimum absolute atomic E-state index is 0.0206. The Hall–Kier alpha value is -2.27. The number of esters is 1. The van der Waals surface area contributed by atoms with Gasteiger partial charge in [0.2, 0.25) is 0 Å². The van der Waals surface area contributed by atoms with Crippen LogP contribution in [0, 0.1) is 11.2 Å². The first-order chi connectivity index (χ1) is 13.0. The van der Waals surface area contributed by atoms with Crippen LogP contribution in [0.5, 0.6) is 0 Å². The number of anilines is 2. The molecule has 0 bridgehead atoms. The number of hydrogen-bond acceptors (Lipinski definition) is 4. The van der Waals surface area contributed by atoms with Crippen LogP contribution in [0.2, 0.25) is 5.02 Å². The zero-order valence-corrected chi connectivity index (χ0v) is 16.0. The molecule has 2 saturated heterocycles. The molecule has 0 saturated carbocycles. The molecule has 2 aromatic carbocycles. The number of benzene rings is 2. The summed E-state index contributed by atoms with van der Waals surface area (Å²) in [4.78, 5) is 16.1. The van der Waals surface area contributed by atoms with Crippen LogP contribution in [-0.2, 0) is 4.74 Å². The van der Waals surface area contributed by atoms with Gasteiger partial charge >= 0.3 is 5.97 Å². The smallest absolute Gasteiger partial charge is 0.340 e. The Kier molecular flexibility index (Phi) is 4.72. The fourth-order valence-electron chi connectivity index (χ4n) is 4.13. The Morgan fingerprint density at radius 1 is 1.04 bits per heavy atom. The van der Waals surface area contributed by atoms with Crippen LogP contribution in [0.4, 0.5) is 15.8 Å². The quantitative estimate of drug-likeness (QED) is 0.731. The molecule has 2 aromatic rings. The maximum Gasteiger partial charge on any atom is 0.340 e. The van der Waals surface area contributed by atoms with Crippen molar-refractivity contribution in [2.45, 2.75) is 12.8 Å². The summed E-state index contributed by atoms with van der Waals surface area (Å²) in [6, 6.07) is 12.7. The lowest BCUT2D eigenvalue weighted by molar-refractivity contribution is 0.0595. The molecule has 2 heterocycles. The molecule has 2 aliphatic rings. The molecule has 142 valence electrons. The average Bonchev–Trinajstić information content (AvgIpc) is 2.66. The van der Waals surface area contributed by atoms with Crippen molar-refractivity contribution in [1.82, 2.24) is 0 Å². The van der Waals surface area contributed by atoms with E-state index in [-0.39, 0.29) is 5.56 Å². The van der Waals surface area contributed by atoms with Gasteiger partial charge in [0, 0.05) is 48.0 Å². The molecule has 0 unspecified atom stereocenters. The third-order valence-electron chi connectivity index (χ3n) is 5.79. The molecule has 0 atom stereocenters. The van der Waals surface area contributed by atoms with Gasteiger partial charge in [-0.1, -0.05) is 11.6 Å². The van der Waals surface area contributed by atoms with Crippen molar-refractivity contribution in [3.05, 3.63) is 58.9 Å². The molecule has 0 amide bonds. The molecule has 6 heteroatoms. The van der Waals surface area contributed by atoms with E-state index in [0.717, 1.165) is 49.7 Å². The van der Waals surface area contributed by atoms with Crippen LogP contribution < -0.4 is 9.80 Å². The largest absolute Gasteiger partial charge is 0.465 e. The Labute approximate surface area is 163 Å². The number of nitrogens with zero attached hydrogens (tertiary/aromatic N) is 2. The summed E-state index contributed by atoms with van der Waals surface area (Å²) in [7, 11) is 1.26. The van der Waals surface area contributed by atoms with Crippen LogP contribution in [0.15, 0.2) is 42.5 Å². The summed E-state index contributed by atoms with van der Waals surface area (Å²) in [5, 5.41) is 0.757. The lowest BCUT2D eigenvalue weighted by Gasteiger charge is -2.55. The van der Waals surface area contributed by atoms with Crippen LogP contribution in [-0.4, -0.2) is 39.3 Å². The van der Waals surface area contributed by atoms with Gasteiger partial charge in [0.15, 0.2) is 0 Å². The minimum atomic E-state index is -0.645. The second kappa shape index (κ2) is 7.04. The lowest BCUT2D eigenvalue weighted by Crippen LogP contribution is -2.60. The van der Waals surface area contributed by atoms with Gasteiger partial charge in [-0.2, -0.15) is 0 Å². The van der Waals surface area contributed by atoms with Crippen molar-refractivity contribution in [2.24, 2.45) is 5.41 Å². The SMILES string of the molecule is COC(=O)c1ccc(N2CC3(CCN(c4ccc(Cl)cc4)CC3)C2)cc1F. The third kappa shape index (κ3) is 3.48. The summed E-state index contributed by atoms with van der Waals surface area (Å²) in [5.74, 6) is -1.17. The van der Waals surface area contributed by atoms with Crippen molar-refractivity contribution in [2.75, 3.05) is 43.1 Å². The van der Waals surface area contributed by atoms with Gasteiger partial charge in [-0.3, -0.25) is 0 Å². The highest BCUT2D eigenvalue weighted by Gasteiger charge is 2.45. The van der Waals surface area contributed by atoms with E-state index in [1.165, 1.54) is 24.9 Å². The number of rotatable bonds is 3. The molecule has 2 fully saturated rings. The number of ether oxygens (including phenoxy) is 1. The number of halogens is 2. The maximum atomic E-state index is 14.2. The van der Waals surface area contributed by atoms with Crippen molar-refractivity contribution >= 4 is 28.9 Å². The standard InChI is InChI=1S/C21H22ClFN2O2/c1-27-20(26)18-7-6-17(12-19(18)23)25-13-21(14-25)8-10-24(11-9-21)16-4-2-15(22)3-5-16/h2-7,12H,8-11,13-14H2,1H3. The van der Waals surface area contributed by atoms with Crippen molar-refractivity contribution in [3.8, 4) is 0 Å². The predicted octanol–water partition coefficient (Wildman–Crippen LogP) is 4.37. The van der Waals surface area contributed by atoms with E-state index in [1.54, 1.807) is 6.07 Å². The first kappa shape index (κ1) is 18.1. The van der Waals surface area contributed by atoms with E-state index < -0.39 is 11.8 Å². The van der Waals surface area contributed by atoms with E-state index in [1.807, 2.05) is 12.1 Å². The molecule has 0 N–H and O–H groups in total. The third-order valence-corrected chi connectivity index (χ3v) is 6.04. The second-order valence-corrected chi connectivity index (χ2v) is 7.91. The van der Waals surface area contributed by atoms with Gasteiger partial charge < -0.3 is 14.5 Å². The Balaban J connectivity index is 1.36. The molecular formula is C21H22ClFN2O2. The summed E-state index contributed by atoms with van der Waals surface area (Å²) >= 11 is 5.97. The highest BCUT2D eigenvalue weighted by Crippen LogP contribution is 2.43. The average molecular weight is 389 g/mol. The van der Waals surface area contributed by atoms with E-state index in [2.05, 4.69) is 26.7 Å². The normalized spacial score (nSPS) is 18.3. The van der Waals surface area contributed by atoms with Crippen LogP contribution in [0.25, 0.3) is 0 Å². The molecule has 1 spiro atoms. The molecule has 4 rings (SSSR count). The topological polar surface area (TPSA) is 32.8 Å². The second-order valence-electron chi connectivity index (χ2n) is 7.48. The molecular weight excluding hydrogens is 367 g/mol. The van der Waals surface area contributed by atoms with E-state index in [0.29, 0.717) is 5.41 Å². The van der Waals surface area contributed by atoms with E-state index >= 15 is 0 Å². The Morgan fingerprint density at radius 3 is 2.26 bits per heavy atom. The lowest BCUT2D eigenvalue weighted by atomic mass is 9.71. The number of methoxy groups -OCH3 is 1. The molecule has 0 aromatic heterocycles. The number of carbonyl (C=O) groups excluding carboxylic acids is 1. The van der Waals surface area contributed by atoms with Crippen LogP contribution in [0.3, 0.4) is 0 Å². The van der Waals surface area contributed by atoms with Gasteiger partial charge in [-0.15, -0.1) is 0 Å². The van der Waals surface area contributed by atoms with Crippen molar-refractivity contribution in [3.63, 3.8) is 0 Å². The zero-order valence-electron chi connectivity index (χ0n) is 15.3. The predicted molar refractivity (Wildman–Crippen MR) is 105 cm³/mol. The van der Waals surface area contributed by atoms with Gasteiger partial charge in [0.25, 0.3) is 0 Å². The summed E-state index contributed by atoms with van der Waals surface area (Å²) in [6.07, 6.45) is 2.24. The Morgan fingerprint density at radius 2 is 1.67 bits per heavy atom. The number of carbonyl (C=O) groups is 1. The molecule has 2 aliphatic heterocycles. The number of hydrogen-bond donors (Lipinski definition) is 0. The van der Waals surface area contributed by atoms with Gasteiger partial charge in [0.1, 0.15) is 5.82 Å². The molecule has 27 heavy (non-hydrogen) atoms. The maximum absolute atomic E-state index is 14.2. The van der Waals surface area contributed by atoms with Crippen LogP contribution in [0.1, 0.15) is 23.2 Å². The van der Waals surface area contributed by atoms with Gasteiger partial charge in [0.05, 0.1) is 12.7 Å². The van der Waals surface area contributed by atoms with Crippen molar-refractivity contribution in [1.29, 1.82) is 0 Å². The summed E-state index contributed by atoms with van der Waals surface area (Å²) in [5.41, 5.74) is 2.32. The fourth-order valence-corrected chi connectivity index (χ4v) is 4.26.